The van der Waals surface area contributed by atoms with Gasteiger partial charge in [-0.05, 0) is 55.2 Å². The minimum absolute atomic E-state index is 0.0787. The number of methoxy groups -OCH3 is 1. The summed E-state index contributed by atoms with van der Waals surface area (Å²) in [6, 6.07) is 5.63. The molecule has 1 saturated carbocycles. The molecule has 1 unspecified atom stereocenters. The summed E-state index contributed by atoms with van der Waals surface area (Å²) in [4.78, 5) is 16.3. The molecule has 1 aliphatic carbocycles. The third-order valence-electron chi connectivity index (χ3n) is 7.61. The largest absolute Gasteiger partial charge is 0.417 e. The van der Waals surface area contributed by atoms with Gasteiger partial charge >= 0.3 is 6.18 Å². The van der Waals surface area contributed by atoms with Crippen molar-refractivity contribution in [3.05, 3.63) is 29.3 Å². The monoisotopic (exact) mass is 479 g/mol. The summed E-state index contributed by atoms with van der Waals surface area (Å²) in [5.74, 6) is 0.893. The maximum Gasteiger partial charge on any atom is 0.417 e. The summed E-state index contributed by atoms with van der Waals surface area (Å²) in [5.41, 5.74) is -0.895. The Bertz CT molecular complexity index is 918. The van der Waals surface area contributed by atoms with E-state index in [1.807, 2.05) is 9.80 Å². The van der Waals surface area contributed by atoms with Crippen molar-refractivity contribution in [1.82, 2.24) is 4.90 Å². The smallest absolute Gasteiger partial charge is 0.384 e. The molecule has 3 fully saturated rings. The fourth-order valence-electron chi connectivity index (χ4n) is 5.30. The SMILES string of the molecule is COCCC(=O)N1CCC2(CC1)CN(c1ccc(C#N)c(C(F)(F)F)c1)CC2COCC1CC1. The zero-order valence-corrected chi connectivity index (χ0v) is 19.6. The highest BCUT2D eigenvalue weighted by atomic mass is 19.4. The molecule has 2 aliphatic heterocycles. The fraction of sp³-hybridized carbons (Fsp3) is 0.680. The zero-order valence-electron chi connectivity index (χ0n) is 19.6. The first kappa shape index (κ1) is 24.8. The van der Waals surface area contributed by atoms with Crippen LogP contribution in [0, 0.1) is 28.6 Å². The Balaban J connectivity index is 1.50. The van der Waals surface area contributed by atoms with Crippen molar-refractivity contribution in [3.63, 3.8) is 0 Å². The highest BCUT2D eigenvalue weighted by molar-refractivity contribution is 5.76. The molecule has 34 heavy (non-hydrogen) atoms. The molecule has 1 aromatic carbocycles. The second-order valence-corrected chi connectivity index (χ2v) is 9.88. The van der Waals surface area contributed by atoms with Crippen LogP contribution >= 0.6 is 0 Å². The molecule has 2 saturated heterocycles. The van der Waals surface area contributed by atoms with Gasteiger partial charge in [0.05, 0.1) is 36.8 Å². The number of likely N-dealkylation sites (tertiary alicyclic amines) is 1. The molecular formula is C25H32F3N3O3. The summed E-state index contributed by atoms with van der Waals surface area (Å²) in [6.45, 7) is 4.20. The van der Waals surface area contributed by atoms with Crippen LogP contribution in [0.1, 0.15) is 43.2 Å². The maximum absolute atomic E-state index is 13.5. The third-order valence-corrected chi connectivity index (χ3v) is 7.61. The van der Waals surface area contributed by atoms with Gasteiger partial charge in [-0.25, -0.2) is 0 Å². The molecule has 1 aromatic rings. The number of amides is 1. The van der Waals surface area contributed by atoms with E-state index >= 15 is 0 Å². The van der Waals surface area contributed by atoms with E-state index in [2.05, 4.69) is 0 Å². The Labute approximate surface area is 198 Å². The van der Waals surface area contributed by atoms with Crippen LogP contribution < -0.4 is 4.90 Å². The topological polar surface area (TPSA) is 65.8 Å². The Morgan fingerprint density at radius 1 is 1.24 bits per heavy atom. The van der Waals surface area contributed by atoms with Crippen LogP contribution in [0.5, 0.6) is 0 Å². The average Bonchev–Trinajstić information content (AvgIpc) is 3.59. The van der Waals surface area contributed by atoms with Crippen LogP contribution in [0.25, 0.3) is 0 Å². The number of carbonyl (C=O) groups excluding carboxylic acids is 1. The number of hydrogen-bond donors (Lipinski definition) is 0. The molecule has 1 amide bonds. The second-order valence-electron chi connectivity index (χ2n) is 9.88. The lowest BCUT2D eigenvalue weighted by molar-refractivity contribution is -0.138. The summed E-state index contributed by atoms with van der Waals surface area (Å²) in [7, 11) is 1.57. The molecule has 1 spiro atoms. The normalized spacial score (nSPS) is 22.3. The van der Waals surface area contributed by atoms with Gasteiger partial charge in [0.2, 0.25) is 5.91 Å². The molecule has 0 bridgehead atoms. The van der Waals surface area contributed by atoms with Gasteiger partial charge in [-0.1, -0.05) is 0 Å². The second kappa shape index (κ2) is 10.1. The Morgan fingerprint density at radius 3 is 2.59 bits per heavy atom. The first-order chi connectivity index (χ1) is 16.3. The molecule has 0 aromatic heterocycles. The summed E-state index contributed by atoms with van der Waals surface area (Å²) >= 11 is 0. The van der Waals surface area contributed by atoms with E-state index in [9.17, 15) is 18.0 Å². The Morgan fingerprint density at radius 2 is 1.97 bits per heavy atom. The lowest BCUT2D eigenvalue weighted by atomic mass is 9.71. The van der Waals surface area contributed by atoms with Gasteiger partial charge in [-0.15, -0.1) is 0 Å². The first-order valence-corrected chi connectivity index (χ1v) is 12.0. The Kier molecular flexibility index (Phi) is 7.39. The van der Waals surface area contributed by atoms with Gasteiger partial charge in [0.25, 0.3) is 0 Å². The molecule has 9 heteroatoms. The summed E-state index contributed by atoms with van der Waals surface area (Å²) in [6.07, 6.45) is -0.240. The van der Waals surface area contributed by atoms with Crippen LogP contribution in [0.15, 0.2) is 18.2 Å². The van der Waals surface area contributed by atoms with Gasteiger partial charge in [-0.2, -0.15) is 18.4 Å². The number of rotatable bonds is 8. The van der Waals surface area contributed by atoms with E-state index in [0.717, 1.165) is 25.5 Å². The minimum Gasteiger partial charge on any atom is -0.384 e. The number of ether oxygens (including phenoxy) is 2. The molecule has 1 atom stereocenters. The third kappa shape index (κ3) is 5.49. The first-order valence-electron chi connectivity index (χ1n) is 12.0. The van der Waals surface area contributed by atoms with E-state index in [0.29, 0.717) is 57.4 Å². The van der Waals surface area contributed by atoms with Gasteiger partial charge in [0.15, 0.2) is 0 Å². The van der Waals surface area contributed by atoms with Crippen molar-refractivity contribution < 1.29 is 27.4 Å². The summed E-state index contributed by atoms with van der Waals surface area (Å²) < 4.78 is 51.7. The van der Waals surface area contributed by atoms with Gasteiger partial charge in [0, 0.05) is 51.5 Å². The average molecular weight is 480 g/mol. The molecule has 6 nitrogen and oxygen atoms in total. The predicted molar refractivity (Wildman–Crippen MR) is 120 cm³/mol. The van der Waals surface area contributed by atoms with E-state index in [1.54, 1.807) is 19.2 Å². The molecule has 186 valence electrons. The van der Waals surface area contributed by atoms with Crippen LogP contribution in [0.2, 0.25) is 0 Å². The van der Waals surface area contributed by atoms with Gasteiger partial charge < -0.3 is 19.3 Å². The zero-order chi connectivity index (χ0) is 24.3. The van der Waals surface area contributed by atoms with Crippen LogP contribution in [0.3, 0.4) is 0 Å². The number of anilines is 1. The molecule has 4 rings (SSSR count). The van der Waals surface area contributed by atoms with E-state index in [-0.39, 0.29) is 22.8 Å². The summed E-state index contributed by atoms with van der Waals surface area (Å²) in [5, 5.41) is 9.13. The number of alkyl halides is 3. The number of nitriles is 1. The molecule has 0 radical (unpaired) electrons. The van der Waals surface area contributed by atoms with E-state index in [1.165, 1.54) is 18.9 Å². The van der Waals surface area contributed by atoms with Crippen molar-refractivity contribution >= 4 is 11.6 Å². The quantitative estimate of drug-likeness (QED) is 0.562. The molecule has 2 heterocycles. The fourth-order valence-corrected chi connectivity index (χ4v) is 5.30. The maximum atomic E-state index is 13.5. The van der Waals surface area contributed by atoms with E-state index < -0.39 is 11.7 Å². The predicted octanol–water partition coefficient (Wildman–Crippen LogP) is 4.09. The van der Waals surface area contributed by atoms with E-state index in [4.69, 9.17) is 14.7 Å². The standard InChI is InChI=1S/C25H32F3N3O3/c1-33-11-6-23(32)30-9-7-24(8-10-30)17-31(14-20(24)16-34-15-18-2-3-18)21-5-4-19(13-29)22(12-21)25(26,27)28/h4-5,12,18,20H,2-3,6-11,14-17H2,1H3. The Hall–Kier alpha value is -2.31. The van der Waals surface area contributed by atoms with Gasteiger partial charge in [0.1, 0.15) is 0 Å². The van der Waals surface area contributed by atoms with Crippen LogP contribution in [0.4, 0.5) is 18.9 Å². The van der Waals surface area contributed by atoms with Crippen molar-refractivity contribution in [2.24, 2.45) is 17.3 Å². The lowest BCUT2D eigenvalue weighted by Crippen LogP contribution is -2.47. The van der Waals surface area contributed by atoms with Crippen molar-refractivity contribution in [2.45, 2.75) is 38.3 Å². The highest BCUT2D eigenvalue weighted by Crippen LogP contribution is 2.47. The highest BCUT2D eigenvalue weighted by Gasteiger charge is 2.49. The van der Waals surface area contributed by atoms with Crippen molar-refractivity contribution in [3.8, 4) is 6.07 Å². The number of benzene rings is 1. The number of halogens is 3. The molecule has 3 aliphatic rings. The number of carbonyl (C=O) groups is 1. The van der Waals surface area contributed by atoms with Gasteiger partial charge in [-0.3, -0.25) is 4.79 Å². The lowest BCUT2D eigenvalue weighted by Gasteiger charge is -2.42. The number of piperidine rings is 1. The molecular weight excluding hydrogens is 447 g/mol. The number of nitrogens with zero attached hydrogens (tertiary/aromatic N) is 3. The van der Waals surface area contributed by atoms with Crippen molar-refractivity contribution in [1.29, 1.82) is 5.26 Å². The minimum atomic E-state index is -4.58. The van der Waals surface area contributed by atoms with Crippen LogP contribution in [-0.2, 0) is 20.4 Å². The van der Waals surface area contributed by atoms with Crippen molar-refractivity contribution in [2.75, 3.05) is 58.0 Å². The molecule has 0 N–H and O–H groups in total. The number of hydrogen-bond acceptors (Lipinski definition) is 5. The van der Waals surface area contributed by atoms with Crippen LogP contribution in [-0.4, -0.2) is 63.9 Å².